The molecule has 158 valence electrons. The van der Waals surface area contributed by atoms with Gasteiger partial charge in [0.2, 0.25) is 0 Å². The summed E-state index contributed by atoms with van der Waals surface area (Å²) in [6.45, 7) is 1.90. The number of esters is 1. The molecule has 7 heteroatoms. The summed E-state index contributed by atoms with van der Waals surface area (Å²) in [6.07, 6.45) is 1.39. The van der Waals surface area contributed by atoms with Crippen molar-refractivity contribution in [1.82, 2.24) is 4.31 Å². The smallest absolute Gasteiger partial charge is 0.346 e. The predicted octanol–water partition coefficient (Wildman–Crippen LogP) is 4.90. The Morgan fingerprint density at radius 3 is 2.26 bits per heavy atom. The number of carbonyl (C=O) groups excluding carboxylic acids is 1. The van der Waals surface area contributed by atoms with Crippen LogP contribution in [0.4, 0.5) is 0 Å². The van der Waals surface area contributed by atoms with E-state index in [2.05, 4.69) is 0 Å². The van der Waals surface area contributed by atoms with Gasteiger partial charge in [0.1, 0.15) is 4.91 Å². The number of aryl methyl sites for hydroxylation is 1. The molecule has 1 aliphatic rings. The van der Waals surface area contributed by atoms with Gasteiger partial charge >= 0.3 is 5.97 Å². The van der Waals surface area contributed by atoms with Crippen molar-refractivity contribution in [3.05, 3.63) is 107 Å². The third-order valence-corrected chi connectivity index (χ3v) is 7.85. The normalized spacial score (nSPS) is 16.1. The molecule has 31 heavy (non-hydrogen) atoms. The number of rotatable bonds is 4. The fraction of sp³-hybridized carbons (Fsp3) is 0.125. The molecule has 0 spiro atoms. The van der Waals surface area contributed by atoms with Gasteiger partial charge in [0.25, 0.3) is 10.0 Å². The Balaban J connectivity index is 1.99. The highest BCUT2D eigenvalue weighted by atomic mass is 32.2. The van der Waals surface area contributed by atoms with E-state index in [0.717, 1.165) is 21.6 Å². The number of fused-ring (bicyclic) bond motifs is 1. The van der Waals surface area contributed by atoms with Gasteiger partial charge in [0, 0.05) is 11.1 Å². The quantitative estimate of drug-likeness (QED) is 0.528. The van der Waals surface area contributed by atoms with Crippen LogP contribution < -0.4 is 0 Å². The van der Waals surface area contributed by atoms with Crippen LogP contribution in [0.2, 0.25) is 0 Å². The molecule has 0 amide bonds. The minimum absolute atomic E-state index is 0.156. The number of sulfonamides is 1. The largest absolute Gasteiger partial charge is 0.465 e. The highest BCUT2D eigenvalue weighted by Crippen LogP contribution is 2.44. The first-order valence-electron chi connectivity index (χ1n) is 9.64. The van der Waals surface area contributed by atoms with E-state index in [9.17, 15) is 13.2 Å². The molecular weight excluding hydrogens is 430 g/mol. The second-order valence-corrected chi connectivity index (χ2v) is 10.0. The van der Waals surface area contributed by atoms with E-state index >= 15 is 0 Å². The molecule has 0 saturated carbocycles. The zero-order valence-electron chi connectivity index (χ0n) is 17.1. The van der Waals surface area contributed by atoms with Crippen LogP contribution in [0.3, 0.4) is 0 Å². The highest BCUT2D eigenvalue weighted by Gasteiger charge is 2.36. The maximum Gasteiger partial charge on any atom is 0.346 e. The molecule has 0 radical (unpaired) electrons. The van der Waals surface area contributed by atoms with Gasteiger partial charge in [-0.15, -0.1) is 0 Å². The summed E-state index contributed by atoms with van der Waals surface area (Å²) >= 11 is 1.21. The van der Waals surface area contributed by atoms with Crippen molar-refractivity contribution in [3.8, 4) is 0 Å². The Hall–Kier alpha value is -3.03. The molecule has 0 saturated heterocycles. The Morgan fingerprint density at radius 2 is 1.58 bits per heavy atom. The van der Waals surface area contributed by atoms with E-state index < -0.39 is 22.0 Å². The predicted molar refractivity (Wildman–Crippen MR) is 121 cm³/mol. The van der Waals surface area contributed by atoms with Crippen LogP contribution in [0.25, 0.3) is 0 Å². The molecule has 0 aromatic heterocycles. The van der Waals surface area contributed by atoms with Gasteiger partial charge in [0.05, 0.1) is 18.0 Å². The van der Waals surface area contributed by atoms with E-state index in [1.807, 2.05) is 61.5 Å². The average molecular weight is 452 g/mol. The summed E-state index contributed by atoms with van der Waals surface area (Å²) in [7, 11) is -2.70. The van der Waals surface area contributed by atoms with Crippen LogP contribution in [0.15, 0.2) is 99.8 Å². The molecular formula is C24H21NO4S2. The molecule has 3 aromatic carbocycles. The summed E-state index contributed by atoms with van der Waals surface area (Å²) in [5, 5.41) is 0. The molecule has 4 rings (SSSR count). The van der Waals surface area contributed by atoms with Crippen molar-refractivity contribution < 1.29 is 17.9 Å². The second-order valence-electron chi connectivity index (χ2n) is 7.09. The zero-order chi connectivity index (χ0) is 22.0. The van der Waals surface area contributed by atoms with Crippen LogP contribution in [0.1, 0.15) is 22.7 Å². The van der Waals surface area contributed by atoms with Crippen LogP contribution >= 0.6 is 11.8 Å². The fourth-order valence-electron chi connectivity index (χ4n) is 3.47. The Morgan fingerprint density at radius 1 is 0.935 bits per heavy atom. The first-order chi connectivity index (χ1) is 14.9. The second kappa shape index (κ2) is 8.61. The lowest BCUT2D eigenvalue weighted by atomic mass is 9.99. The summed E-state index contributed by atoms with van der Waals surface area (Å²) in [5.41, 5.74) is 2.55. The lowest BCUT2D eigenvalue weighted by Gasteiger charge is -2.30. The van der Waals surface area contributed by atoms with E-state index in [1.54, 1.807) is 24.3 Å². The van der Waals surface area contributed by atoms with Gasteiger partial charge in [-0.3, -0.25) is 4.31 Å². The van der Waals surface area contributed by atoms with Crippen LogP contribution in [-0.4, -0.2) is 25.8 Å². The average Bonchev–Trinajstić information content (AvgIpc) is 2.97. The van der Waals surface area contributed by atoms with Crippen molar-refractivity contribution in [2.75, 3.05) is 7.11 Å². The van der Waals surface area contributed by atoms with Crippen molar-refractivity contribution in [3.63, 3.8) is 0 Å². The standard InChI is InChI=1S/C24H21NO4S2/c1-17-12-14-19(15-13-17)31(27,28)25-16-22(24(26)29-2)30-21-11-7-6-10-20(21)23(25)18-8-4-3-5-9-18/h3-16,23H,1-2H3/t23-/m1/s1. The number of ether oxygens (including phenoxy) is 1. The Labute approximate surface area is 186 Å². The number of hydrogen-bond donors (Lipinski definition) is 0. The maximum atomic E-state index is 13.8. The lowest BCUT2D eigenvalue weighted by Crippen LogP contribution is -2.31. The number of methoxy groups -OCH3 is 1. The Kier molecular flexibility index (Phi) is 5.89. The molecule has 3 aromatic rings. The van der Waals surface area contributed by atoms with Gasteiger partial charge in [-0.2, -0.15) is 0 Å². The summed E-state index contributed by atoms with van der Waals surface area (Å²) in [6, 6.07) is 23.0. The number of hydrogen-bond acceptors (Lipinski definition) is 5. The topological polar surface area (TPSA) is 63.7 Å². The molecule has 5 nitrogen and oxygen atoms in total. The monoisotopic (exact) mass is 451 g/mol. The van der Waals surface area contributed by atoms with E-state index in [-0.39, 0.29) is 9.80 Å². The van der Waals surface area contributed by atoms with Gasteiger partial charge in [0.15, 0.2) is 0 Å². The van der Waals surface area contributed by atoms with Gasteiger partial charge < -0.3 is 4.74 Å². The zero-order valence-corrected chi connectivity index (χ0v) is 18.7. The summed E-state index contributed by atoms with van der Waals surface area (Å²) < 4.78 is 33.9. The number of nitrogens with zero attached hydrogens (tertiary/aromatic N) is 1. The van der Waals surface area contributed by atoms with E-state index in [4.69, 9.17) is 4.74 Å². The van der Waals surface area contributed by atoms with E-state index in [0.29, 0.717) is 0 Å². The molecule has 1 atom stereocenters. The number of thioether (sulfide) groups is 1. The van der Waals surface area contributed by atoms with Crippen molar-refractivity contribution in [2.24, 2.45) is 0 Å². The van der Waals surface area contributed by atoms with Crippen molar-refractivity contribution in [1.29, 1.82) is 0 Å². The molecule has 0 unspecified atom stereocenters. The minimum atomic E-state index is -3.98. The van der Waals surface area contributed by atoms with Crippen molar-refractivity contribution in [2.45, 2.75) is 22.8 Å². The number of benzene rings is 3. The van der Waals surface area contributed by atoms with Gasteiger partial charge in [-0.1, -0.05) is 78.0 Å². The van der Waals surface area contributed by atoms with Gasteiger partial charge in [-0.25, -0.2) is 13.2 Å². The summed E-state index contributed by atoms with van der Waals surface area (Å²) in [5.74, 6) is -0.586. The molecule has 1 aliphatic heterocycles. The maximum absolute atomic E-state index is 13.8. The Bertz CT molecular complexity index is 1240. The first kappa shape index (κ1) is 21.2. The molecule has 0 fully saturated rings. The van der Waals surface area contributed by atoms with E-state index in [1.165, 1.54) is 29.4 Å². The first-order valence-corrected chi connectivity index (χ1v) is 11.9. The SMILES string of the molecule is COC(=O)C1=CN(S(=O)(=O)c2ccc(C)cc2)[C@H](c2ccccc2)c2ccccc2S1. The molecule has 0 N–H and O–H groups in total. The van der Waals surface area contributed by atoms with Gasteiger partial charge in [-0.05, 0) is 36.2 Å². The van der Waals surface area contributed by atoms with Crippen molar-refractivity contribution >= 4 is 27.8 Å². The molecule has 0 aliphatic carbocycles. The fourth-order valence-corrected chi connectivity index (χ4v) is 6.03. The third-order valence-electron chi connectivity index (χ3n) is 5.03. The highest BCUT2D eigenvalue weighted by molar-refractivity contribution is 8.04. The molecule has 1 heterocycles. The van der Waals surface area contributed by atoms with Crippen LogP contribution in [0.5, 0.6) is 0 Å². The number of carbonyl (C=O) groups is 1. The summed E-state index contributed by atoms with van der Waals surface area (Å²) in [4.78, 5) is 13.6. The van der Waals surface area contributed by atoms with Crippen LogP contribution in [0, 0.1) is 6.92 Å². The van der Waals surface area contributed by atoms with Crippen LogP contribution in [-0.2, 0) is 19.6 Å². The minimum Gasteiger partial charge on any atom is -0.465 e. The lowest BCUT2D eigenvalue weighted by molar-refractivity contribution is -0.135. The molecule has 0 bridgehead atoms. The third kappa shape index (κ3) is 4.11.